The van der Waals surface area contributed by atoms with E-state index in [1.54, 1.807) is 12.5 Å². The number of rotatable bonds is 6. The summed E-state index contributed by atoms with van der Waals surface area (Å²) >= 11 is 6.04. The fourth-order valence-electron chi connectivity index (χ4n) is 5.17. The van der Waals surface area contributed by atoms with Crippen LogP contribution in [0.1, 0.15) is 50.0 Å². The lowest BCUT2D eigenvalue weighted by molar-refractivity contribution is 0.143. The minimum Gasteiger partial charge on any atom is -0.394 e. The van der Waals surface area contributed by atoms with Crippen LogP contribution in [0.5, 0.6) is 0 Å². The average molecular weight is 447 g/mol. The molecule has 0 spiro atoms. The predicted molar refractivity (Wildman–Crippen MR) is 120 cm³/mol. The summed E-state index contributed by atoms with van der Waals surface area (Å²) in [5.41, 5.74) is 1.01. The van der Waals surface area contributed by atoms with E-state index in [0.717, 1.165) is 43.5 Å². The molecule has 2 saturated heterocycles. The maximum Gasteiger partial charge on any atom is 0.227 e. The molecule has 4 fully saturated rings. The molecule has 1 aromatic carbocycles. The Kier molecular flexibility index (Phi) is 5.24. The van der Waals surface area contributed by atoms with Crippen LogP contribution in [0, 0.1) is 0 Å². The third-order valence-corrected chi connectivity index (χ3v) is 8.24. The summed E-state index contributed by atoms with van der Waals surface area (Å²) in [7, 11) is -1.20. The molecule has 30 heavy (non-hydrogen) atoms. The monoisotopic (exact) mass is 446 g/mol. The van der Waals surface area contributed by atoms with Gasteiger partial charge in [0.1, 0.15) is 5.82 Å². The highest BCUT2D eigenvalue weighted by molar-refractivity contribution is 7.84. The lowest BCUT2D eigenvalue weighted by Crippen LogP contribution is -2.61. The highest BCUT2D eigenvalue weighted by Gasteiger charge is 2.47. The Morgan fingerprint density at radius 2 is 1.93 bits per heavy atom. The van der Waals surface area contributed by atoms with Crippen molar-refractivity contribution in [3.63, 3.8) is 0 Å². The molecule has 2 saturated carbocycles. The number of hydrogen-bond acceptors (Lipinski definition) is 6. The molecule has 2 bridgehead atoms. The minimum atomic E-state index is -1.20. The first-order valence-electron chi connectivity index (χ1n) is 10.6. The van der Waals surface area contributed by atoms with Gasteiger partial charge in [-0.05, 0) is 62.1 Å². The van der Waals surface area contributed by atoms with Gasteiger partial charge in [0.25, 0.3) is 0 Å². The van der Waals surface area contributed by atoms with Gasteiger partial charge in [-0.1, -0.05) is 23.7 Å². The first-order chi connectivity index (χ1) is 14.5. The number of halogens is 1. The number of aromatic nitrogens is 2. The normalized spacial score (nSPS) is 27.7. The van der Waals surface area contributed by atoms with Crippen LogP contribution in [0.4, 0.5) is 11.8 Å². The number of benzene rings is 1. The van der Waals surface area contributed by atoms with Crippen molar-refractivity contribution >= 4 is 34.2 Å². The second kappa shape index (κ2) is 7.77. The van der Waals surface area contributed by atoms with E-state index in [9.17, 15) is 9.32 Å². The van der Waals surface area contributed by atoms with E-state index in [4.69, 9.17) is 16.6 Å². The van der Waals surface area contributed by atoms with Gasteiger partial charge >= 0.3 is 0 Å². The molecule has 4 aliphatic rings. The smallest absolute Gasteiger partial charge is 0.227 e. The van der Waals surface area contributed by atoms with Crippen molar-refractivity contribution in [3.05, 3.63) is 41.0 Å². The Morgan fingerprint density at radius 3 is 2.50 bits per heavy atom. The Morgan fingerprint density at radius 1 is 1.23 bits per heavy atom. The van der Waals surface area contributed by atoms with Crippen molar-refractivity contribution in [2.75, 3.05) is 23.1 Å². The summed E-state index contributed by atoms with van der Waals surface area (Å²) in [5, 5.41) is 14.0. The van der Waals surface area contributed by atoms with Crippen LogP contribution in [0.2, 0.25) is 5.02 Å². The van der Waals surface area contributed by atoms with Gasteiger partial charge in [0, 0.05) is 23.4 Å². The Hall–Kier alpha value is -1.70. The van der Waals surface area contributed by atoms with Crippen LogP contribution in [0.25, 0.3) is 0 Å². The third kappa shape index (κ3) is 3.51. The summed E-state index contributed by atoms with van der Waals surface area (Å²) in [6, 6.07) is 9.06. The number of hydrogen-bond donors (Lipinski definition) is 2. The first-order valence-corrected chi connectivity index (χ1v) is 12.5. The number of anilines is 2. The van der Waals surface area contributed by atoms with Crippen molar-refractivity contribution in [1.29, 1.82) is 0 Å². The molecule has 0 amide bonds. The van der Waals surface area contributed by atoms with Gasteiger partial charge in [0.15, 0.2) is 0 Å². The van der Waals surface area contributed by atoms with Crippen LogP contribution in [0.3, 0.4) is 0 Å². The Labute approximate surface area is 184 Å². The summed E-state index contributed by atoms with van der Waals surface area (Å²) in [4.78, 5) is 12.3. The minimum absolute atomic E-state index is 0.0554. The summed E-state index contributed by atoms with van der Waals surface area (Å²) < 4.78 is 12.2. The lowest BCUT2D eigenvalue weighted by atomic mass is 9.71. The maximum absolute atomic E-state index is 12.2. The molecular formula is C22H27ClN4O2S. The van der Waals surface area contributed by atoms with Crippen LogP contribution >= 0.6 is 11.6 Å². The zero-order valence-corrected chi connectivity index (χ0v) is 18.6. The van der Waals surface area contributed by atoms with Crippen molar-refractivity contribution in [1.82, 2.24) is 9.97 Å². The van der Waals surface area contributed by atoms with E-state index < -0.39 is 10.8 Å². The summed E-state index contributed by atoms with van der Waals surface area (Å²) in [5.74, 6) is 1.85. The molecule has 160 valence electrons. The molecule has 0 radical (unpaired) electrons. The highest BCUT2D eigenvalue weighted by Crippen LogP contribution is 2.47. The second-order valence-corrected chi connectivity index (χ2v) is 10.7. The molecule has 3 unspecified atom stereocenters. The summed E-state index contributed by atoms with van der Waals surface area (Å²) in [6.45, 7) is 0.0554. The SMILES string of the molecule is CS(=O)c1cnc(N2C3CC(c4ccc(Cl)cc4)CC2C3)nc1NC1(CO)CCC1. The molecule has 6 rings (SSSR count). The number of nitrogens with zero attached hydrogens (tertiary/aromatic N) is 3. The van der Waals surface area contributed by atoms with Gasteiger partial charge < -0.3 is 15.3 Å². The van der Waals surface area contributed by atoms with Gasteiger partial charge in [0.2, 0.25) is 5.95 Å². The van der Waals surface area contributed by atoms with Crippen molar-refractivity contribution in [2.24, 2.45) is 0 Å². The quantitative estimate of drug-likeness (QED) is 0.704. The van der Waals surface area contributed by atoms with Crippen molar-refractivity contribution in [3.8, 4) is 0 Å². The number of aliphatic hydroxyl groups excluding tert-OH is 1. The standard InChI is InChI=1S/C22H27ClN4O2S/c1-30(29)19-12-24-21(25-20(19)26-22(13-28)7-2-8-22)27-17-9-15(10-18(27)11-17)14-3-5-16(23)6-4-14/h3-6,12,15,17-18,28H,2,7-11,13H2,1H3,(H,24,25,26). The van der Waals surface area contributed by atoms with Crippen molar-refractivity contribution in [2.45, 2.75) is 67.0 Å². The molecule has 6 nitrogen and oxygen atoms in total. The molecule has 2 aliphatic heterocycles. The van der Waals surface area contributed by atoms with E-state index in [-0.39, 0.29) is 12.1 Å². The molecule has 2 N–H and O–H groups in total. The van der Waals surface area contributed by atoms with E-state index in [1.165, 1.54) is 5.56 Å². The van der Waals surface area contributed by atoms with Gasteiger partial charge in [-0.2, -0.15) is 4.98 Å². The highest BCUT2D eigenvalue weighted by atomic mass is 35.5. The molecule has 2 aromatic rings. The number of nitrogens with one attached hydrogen (secondary N) is 1. The second-order valence-electron chi connectivity index (χ2n) is 8.92. The Bertz CT molecular complexity index is 949. The molecular weight excluding hydrogens is 420 g/mol. The van der Waals surface area contributed by atoms with Crippen LogP contribution in [0.15, 0.2) is 35.4 Å². The van der Waals surface area contributed by atoms with E-state index in [0.29, 0.717) is 34.7 Å². The molecule has 8 heteroatoms. The Balaban J connectivity index is 1.37. The van der Waals surface area contributed by atoms with Crippen molar-refractivity contribution < 1.29 is 9.32 Å². The third-order valence-electron chi connectivity index (χ3n) is 7.07. The van der Waals surface area contributed by atoms with Gasteiger partial charge in [0.05, 0.1) is 34.0 Å². The zero-order valence-electron chi connectivity index (χ0n) is 17.1. The predicted octanol–water partition coefficient (Wildman–Crippen LogP) is 3.72. The largest absolute Gasteiger partial charge is 0.394 e. The van der Waals surface area contributed by atoms with Gasteiger partial charge in [-0.25, -0.2) is 4.98 Å². The first kappa shape index (κ1) is 20.2. The number of aliphatic hydroxyl groups is 1. The van der Waals surface area contributed by atoms with Gasteiger partial charge in [-0.3, -0.25) is 4.21 Å². The van der Waals surface area contributed by atoms with Crippen LogP contribution < -0.4 is 10.2 Å². The average Bonchev–Trinajstić information content (AvgIpc) is 2.71. The van der Waals surface area contributed by atoms with E-state index in [2.05, 4.69) is 27.3 Å². The van der Waals surface area contributed by atoms with E-state index >= 15 is 0 Å². The van der Waals surface area contributed by atoms with Crippen LogP contribution in [-0.4, -0.2) is 49.8 Å². The van der Waals surface area contributed by atoms with Gasteiger partial charge in [-0.15, -0.1) is 0 Å². The fraction of sp³-hybridized carbons (Fsp3) is 0.545. The zero-order chi connectivity index (χ0) is 20.9. The fourth-order valence-corrected chi connectivity index (χ4v) is 5.87. The maximum atomic E-state index is 12.2. The summed E-state index contributed by atoms with van der Waals surface area (Å²) in [6.07, 6.45) is 9.53. The number of fused-ring (bicyclic) bond motifs is 2. The molecule has 2 aliphatic carbocycles. The van der Waals surface area contributed by atoms with Crippen LogP contribution in [-0.2, 0) is 10.8 Å². The number of piperidine rings is 1. The lowest BCUT2D eigenvalue weighted by Gasteiger charge is -2.55. The topological polar surface area (TPSA) is 78.4 Å². The molecule has 3 atom stereocenters. The van der Waals surface area contributed by atoms with E-state index in [1.807, 2.05) is 12.1 Å². The molecule has 1 aromatic heterocycles. The molecule has 3 heterocycles.